The highest BCUT2D eigenvalue weighted by Gasteiger charge is 2.16. The van der Waals surface area contributed by atoms with Crippen LogP contribution in [0, 0.1) is 6.92 Å². The van der Waals surface area contributed by atoms with Crippen LogP contribution in [0.3, 0.4) is 0 Å². The Kier molecular flexibility index (Phi) is 4.53. The average Bonchev–Trinajstić information content (AvgIpc) is 2.69. The predicted molar refractivity (Wildman–Crippen MR) is 109 cm³/mol. The van der Waals surface area contributed by atoms with Crippen molar-refractivity contribution in [3.63, 3.8) is 0 Å². The van der Waals surface area contributed by atoms with E-state index in [4.69, 9.17) is 1.37 Å². The third-order valence-corrected chi connectivity index (χ3v) is 5.64. The third kappa shape index (κ3) is 3.44. The highest BCUT2D eigenvalue weighted by atomic mass is 14.9. The van der Waals surface area contributed by atoms with Crippen molar-refractivity contribution in [2.75, 3.05) is 0 Å². The Balaban J connectivity index is 1.62. The van der Waals surface area contributed by atoms with Crippen molar-refractivity contribution in [1.29, 1.82) is 0 Å². The first-order valence-corrected chi connectivity index (χ1v) is 9.73. The zero-order valence-corrected chi connectivity index (χ0v) is 15.8. The Morgan fingerprint density at radius 3 is 2.23 bits per heavy atom. The molecule has 26 heavy (non-hydrogen) atoms. The Bertz CT molecular complexity index is 937. The quantitative estimate of drug-likeness (QED) is 0.498. The van der Waals surface area contributed by atoms with Gasteiger partial charge in [-0.2, -0.15) is 0 Å². The minimum atomic E-state index is -0.379. The Labute approximate surface area is 158 Å². The first-order chi connectivity index (χ1) is 13.1. The largest absolute Gasteiger partial charge is 0.212 e. The molecule has 1 nitrogen and oxygen atoms in total. The van der Waals surface area contributed by atoms with Crippen LogP contribution in [0.4, 0.5) is 0 Å². The normalized spacial score (nSPS) is 16.9. The number of hydrogen-bond donors (Lipinski definition) is 0. The molecule has 0 N–H and O–H groups in total. The van der Waals surface area contributed by atoms with Crippen molar-refractivity contribution in [2.24, 2.45) is 7.05 Å². The van der Waals surface area contributed by atoms with E-state index in [-0.39, 0.29) is 5.89 Å². The molecule has 0 atom stereocenters. The molecule has 0 unspecified atom stereocenters. The molecule has 1 fully saturated rings. The highest BCUT2D eigenvalue weighted by Crippen LogP contribution is 2.33. The fourth-order valence-electron chi connectivity index (χ4n) is 4.08. The number of benzene rings is 2. The van der Waals surface area contributed by atoms with E-state index < -0.39 is 0 Å². The topological polar surface area (TPSA) is 3.88 Å². The molecule has 1 aliphatic rings. The molecule has 132 valence electrons. The third-order valence-electron chi connectivity index (χ3n) is 5.64. The molecule has 0 saturated heterocycles. The molecule has 0 aliphatic heterocycles. The van der Waals surface area contributed by atoms with E-state index in [9.17, 15) is 0 Å². The molecule has 1 aliphatic carbocycles. The number of nitrogens with zero attached hydrogens (tertiary/aromatic N) is 1. The summed E-state index contributed by atoms with van der Waals surface area (Å²) in [5.41, 5.74) is 7.38. The maximum Gasteiger partial charge on any atom is 0.212 e. The predicted octanol–water partition coefficient (Wildman–Crippen LogP) is 6.20. The van der Waals surface area contributed by atoms with Gasteiger partial charge < -0.3 is 0 Å². The molecule has 0 spiro atoms. The minimum Gasteiger partial charge on any atom is -0.200 e. The summed E-state index contributed by atoms with van der Waals surface area (Å²) < 4.78 is 11.0. The second kappa shape index (κ2) is 7.45. The molecular weight excluding hydrogens is 314 g/mol. The van der Waals surface area contributed by atoms with Gasteiger partial charge in [0.2, 0.25) is 5.69 Å². The fraction of sp³-hybridized carbons (Fsp3) is 0.320. The minimum absolute atomic E-state index is 0.379. The van der Waals surface area contributed by atoms with Gasteiger partial charge in [-0.25, -0.2) is 4.57 Å². The second-order valence-corrected chi connectivity index (χ2v) is 7.47. The molecular formula is C25H28N+. The lowest BCUT2D eigenvalue weighted by molar-refractivity contribution is -0.659. The number of hydrogen-bond acceptors (Lipinski definition) is 0. The Morgan fingerprint density at radius 2 is 1.54 bits per heavy atom. The zero-order chi connectivity index (χ0) is 18.9. The molecule has 1 heterocycles. The number of aryl methyl sites for hydroxylation is 2. The summed E-state index contributed by atoms with van der Waals surface area (Å²) in [4.78, 5) is 0. The van der Waals surface area contributed by atoms with Crippen LogP contribution >= 0.6 is 0 Å². The van der Waals surface area contributed by atoms with Gasteiger partial charge in [-0.1, -0.05) is 61.7 Å². The molecule has 0 radical (unpaired) electrons. The van der Waals surface area contributed by atoms with Crippen LogP contribution in [0.5, 0.6) is 0 Å². The van der Waals surface area contributed by atoms with Crippen LogP contribution in [0.2, 0.25) is 0 Å². The molecule has 4 rings (SSSR count). The number of rotatable bonds is 3. The van der Waals surface area contributed by atoms with Crippen LogP contribution in [0.1, 0.15) is 50.5 Å². The van der Waals surface area contributed by atoms with Gasteiger partial charge in [0.1, 0.15) is 7.05 Å². The standard InChI is InChI=1S/C25H28N/c1-19-8-6-7-11-24(19)25-17-16-23(18-26(25)2)22-14-12-21(13-15-22)20-9-4-3-5-10-20/h6-8,11-18,20H,3-5,9-10H2,1-2H3/q+1/i20D. The smallest absolute Gasteiger partial charge is 0.200 e. The van der Waals surface area contributed by atoms with E-state index in [1.807, 2.05) is 0 Å². The van der Waals surface area contributed by atoms with Crippen molar-refractivity contribution < 1.29 is 5.94 Å². The van der Waals surface area contributed by atoms with Crippen molar-refractivity contribution in [2.45, 2.75) is 44.9 Å². The molecule has 0 bridgehead atoms. The van der Waals surface area contributed by atoms with E-state index in [2.05, 4.69) is 85.4 Å². The van der Waals surface area contributed by atoms with Crippen molar-refractivity contribution in [1.82, 2.24) is 0 Å². The summed E-state index contributed by atoms with van der Waals surface area (Å²) in [6, 6.07) is 21.6. The summed E-state index contributed by atoms with van der Waals surface area (Å²) in [5.74, 6) is -0.379. The summed E-state index contributed by atoms with van der Waals surface area (Å²) in [5, 5.41) is 0. The van der Waals surface area contributed by atoms with E-state index >= 15 is 0 Å². The molecule has 3 aromatic rings. The van der Waals surface area contributed by atoms with Gasteiger partial charge in [-0.15, -0.1) is 0 Å². The van der Waals surface area contributed by atoms with Crippen LogP contribution in [0.25, 0.3) is 22.4 Å². The maximum atomic E-state index is 8.81. The second-order valence-electron chi connectivity index (χ2n) is 7.47. The van der Waals surface area contributed by atoms with Gasteiger partial charge in [0.15, 0.2) is 6.20 Å². The molecule has 1 aromatic heterocycles. The van der Waals surface area contributed by atoms with Crippen molar-refractivity contribution in [3.8, 4) is 22.4 Å². The van der Waals surface area contributed by atoms with Crippen LogP contribution < -0.4 is 4.57 Å². The molecule has 0 amide bonds. The zero-order valence-electron chi connectivity index (χ0n) is 16.8. The van der Waals surface area contributed by atoms with Gasteiger partial charge >= 0.3 is 0 Å². The van der Waals surface area contributed by atoms with E-state index in [0.29, 0.717) is 0 Å². The Hall–Kier alpha value is -2.41. The van der Waals surface area contributed by atoms with Crippen molar-refractivity contribution >= 4 is 0 Å². The maximum absolute atomic E-state index is 8.81. The molecule has 2 aromatic carbocycles. The lowest BCUT2D eigenvalue weighted by Gasteiger charge is -2.22. The van der Waals surface area contributed by atoms with Crippen LogP contribution in [-0.2, 0) is 7.05 Å². The summed E-state index contributed by atoms with van der Waals surface area (Å²) in [7, 11) is 2.11. The van der Waals surface area contributed by atoms with Gasteiger partial charge in [0, 0.05) is 18.6 Å². The lowest BCUT2D eigenvalue weighted by Crippen LogP contribution is -2.30. The fourth-order valence-corrected chi connectivity index (χ4v) is 4.08. The van der Waals surface area contributed by atoms with E-state index in [1.165, 1.54) is 52.8 Å². The van der Waals surface area contributed by atoms with E-state index in [0.717, 1.165) is 12.8 Å². The van der Waals surface area contributed by atoms with Gasteiger partial charge in [-0.05, 0) is 54.5 Å². The van der Waals surface area contributed by atoms with Crippen molar-refractivity contribution in [3.05, 3.63) is 78.0 Å². The van der Waals surface area contributed by atoms with Gasteiger partial charge in [0.25, 0.3) is 0 Å². The number of pyridine rings is 1. The first-order valence-electron chi connectivity index (χ1n) is 10.2. The summed E-state index contributed by atoms with van der Waals surface area (Å²) >= 11 is 0. The Morgan fingerprint density at radius 1 is 0.846 bits per heavy atom. The molecule has 1 saturated carbocycles. The lowest BCUT2D eigenvalue weighted by atomic mass is 9.84. The summed E-state index contributed by atoms with van der Waals surface area (Å²) in [6.07, 6.45) is 7.83. The number of aromatic nitrogens is 1. The summed E-state index contributed by atoms with van der Waals surface area (Å²) in [6.45, 7) is 2.16. The van der Waals surface area contributed by atoms with Crippen LogP contribution in [0.15, 0.2) is 66.9 Å². The monoisotopic (exact) mass is 343 g/mol. The van der Waals surface area contributed by atoms with Gasteiger partial charge in [-0.3, -0.25) is 0 Å². The SMILES string of the molecule is [2H]C1(c2ccc(-c3ccc(-c4ccccc4C)[n+](C)c3)cc2)CCCCC1. The molecule has 1 heteroatoms. The van der Waals surface area contributed by atoms with Crippen LogP contribution in [-0.4, -0.2) is 0 Å². The van der Waals surface area contributed by atoms with Gasteiger partial charge in [0.05, 0.1) is 0 Å². The highest BCUT2D eigenvalue weighted by molar-refractivity contribution is 5.66. The van der Waals surface area contributed by atoms with E-state index in [1.54, 1.807) is 0 Å². The first kappa shape index (κ1) is 15.8. The average molecular weight is 344 g/mol.